The van der Waals surface area contributed by atoms with Crippen LogP contribution in [0.4, 0.5) is 0 Å². The van der Waals surface area contributed by atoms with Gasteiger partial charge in [-0.25, -0.2) is 8.42 Å². The smallest absolute Gasteiger partial charge is 0.263 e. The molecule has 7 heteroatoms. The molecule has 1 fully saturated rings. The zero-order chi connectivity index (χ0) is 16.4. The molecule has 0 radical (unpaired) electrons. The molecule has 1 heterocycles. The van der Waals surface area contributed by atoms with Crippen molar-refractivity contribution < 1.29 is 13.2 Å². The highest BCUT2D eigenvalue weighted by molar-refractivity contribution is 7.90. The van der Waals surface area contributed by atoms with Crippen molar-refractivity contribution in [3.05, 3.63) is 29.8 Å². The van der Waals surface area contributed by atoms with E-state index in [1.807, 2.05) is 0 Å². The second-order valence-corrected chi connectivity index (χ2v) is 7.67. The van der Waals surface area contributed by atoms with E-state index < -0.39 is 16.1 Å². The van der Waals surface area contributed by atoms with Gasteiger partial charge in [-0.15, -0.1) is 0 Å². The Hall–Kier alpha value is -1.89. The van der Waals surface area contributed by atoms with Crippen molar-refractivity contribution in [3.8, 4) is 0 Å². The molecular weight excluding hydrogens is 314 g/mol. The number of fused-ring (bicyclic) bond motifs is 1. The molecule has 0 unspecified atom stereocenters. The zero-order valence-corrected chi connectivity index (χ0v) is 13.9. The Labute approximate surface area is 136 Å². The summed E-state index contributed by atoms with van der Waals surface area (Å²) in [6.45, 7) is 2.05. The number of hydrogen-bond donors (Lipinski definition) is 2. The Bertz CT molecular complexity index is 739. The average molecular weight is 335 g/mol. The number of nitrogens with zero attached hydrogens (tertiary/aromatic N) is 1. The van der Waals surface area contributed by atoms with Gasteiger partial charge in [0.15, 0.2) is 0 Å². The molecule has 1 amide bonds. The molecule has 124 valence electrons. The number of nitrogens with one attached hydrogen (secondary N) is 2. The fourth-order valence-corrected chi connectivity index (χ4v) is 3.80. The van der Waals surface area contributed by atoms with Crippen LogP contribution in [0, 0.1) is 0 Å². The third-order valence-electron chi connectivity index (χ3n) is 4.01. The minimum absolute atomic E-state index is 0.114. The number of carbonyl (C=O) groups excluding carboxylic acids is 1. The summed E-state index contributed by atoms with van der Waals surface area (Å²) in [5, 5.41) is 2.96. The highest BCUT2D eigenvalue weighted by atomic mass is 32.2. The van der Waals surface area contributed by atoms with Crippen molar-refractivity contribution in [2.45, 2.75) is 56.0 Å². The van der Waals surface area contributed by atoms with Crippen molar-refractivity contribution >= 4 is 21.8 Å². The van der Waals surface area contributed by atoms with Crippen molar-refractivity contribution in [1.82, 2.24) is 10.0 Å². The molecular formula is C16H21N3O3S. The second-order valence-electron chi connectivity index (χ2n) is 6.02. The SMILES string of the molecule is CCCC[C@@H](N=C1NS(=O)(=O)c2ccccc21)C(=O)NC1CC1. The molecule has 1 saturated carbocycles. The summed E-state index contributed by atoms with van der Waals surface area (Å²) in [6, 6.07) is 6.41. The van der Waals surface area contributed by atoms with Gasteiger partial charge in [0.25, 0.3) is 10.0 Å². The molecule has 6 nitrogen and oxygen atoms in total. The minimum Gasteiger partial charge on any atom is -0.352 e. The number of amidine groups is 1. The summed E-state index contributed by atoms with van der Waals surface area (Å²) >= 11 is 0. The Morgan fingerprint density at radius 3 is 2.83 bits per heavy atom. The van der Waals surface area contributed by atoms with Gasteiger partial charge in [-0.3, -0.25) is 14.5 Å². The first-order chi connectivity index (χ1) is 11.0. The Balaban J connectivity index is 1.88. The molecule has 1 aromatic carbocycles. The first-order valence-corrected chi connectivity index (χ1v) is 9.50. The van der Waals surface area contributed by atoms with E-state index in [-0.39, 0.29) is 22.7 Å². The summed E-state index contributed by atoms with van der Waals surface area (Å²) in [6.07, 6.45) is 4.47. The second kappa shape index (κ2) is 6.31. The molecule has 1 aromatic rings. The van der Waals surface area contributed by atoms with E-state index in [0.717, 1.165) is 25.7 Å². The van der Waals surface area contributed by atoms with Crippen LogP contribution < -0.4 is 10.0 Å². The Morgan fingerprint density at radius 2 is 2.13 bits per heavy atom. The highest BCUT2D eigenvalue weighted by Crippen LogP contribution is 2.24. The molecule has 23 heavy (non-hydrogen) atoms. The Morgan fingerprint density at radius 1 is 1.39 bits per heavy atom. The average Bonchev–Trinajstić information content (AvgIpc) is 3.29. The molecule has 3 rings (SSSR count). The summed E-state index contributed by atoms with van der Waals surface area (Å²) in [7, 11) is -3.57. The number of aliphatic imine (C=N–C) groups is 1. The van der Waals surface area contributed by atoms with Gasteiger partial charge in [-0.05, 0) is 31.4 Å². The minimum atomic E-state index is -3.57. The van der Waals surface area contributed by atoms with Crippen LogP contribution >= 0.6 is 0 Å². The lowest BCUT2D eigenvalue weighted by molar-refractivity contribution is -0.122. The lowest BCUT2D eigenvalue weighted by atomic mass is 10.1. The van der Waals surface area contributed by atoms with E-state index in [1.165, 1.54) is 0 Å². The number of rotatable bonds is 6. The predicted octanol–water partition coefficient (Wildman–Crippen LogP) is 1.56. The maximum atomic E-state index is 12.4. The fourth-order valence-electron chi connectivity index (χ4n) is 2.56. The van der Waals surface area contributed by atoms with Gasteiger partial charge in [0.2, 0.25) is 5.91 Å². The van der Waals surface area contributed by atoms with Crippen LogP contribution in [0.3, 0.4) is 0 Å². The third-order valence-corrected chi connectivity index (χ3v) is 5.40. The summed E-state index contributed by atoms with van der Waals surface area (Å²) < 4.78 is 26.7. The predicted molar refractivity (Wildman–Crippen MR) is 87.8 cm³/mol. The van der Waals surface area contributed by atoms with Gasteiger partial charge in [-0.2, -0.15) is 0 Å². The molecule has 0 saturated heterocycles. The van der Waals surface area contributed by atoms with Gasteiger partial charge in [-0.1, -0.05) is 31.9 Å². The van der Waals surface area contributed by atoms with Crippen LogP contribution in [0.2, 0.25) is 0 Å². The quantitative estimate of drug-likeness (QED) is 0.827. The first kappa shape index (κ1) is 16.0. The van der Waals surface area contributed by atoms with E-state index in [1.54, 1.807) is 24.3 Å². The Kier molecular flexibility index (Phi) is 4.39. The van der Waals surface area contributed by atoms with Crippen LogP contribution in [0.5, 0.6) is 0 Å². The molecule has 1 aliphatic heterocycles. The van der Waals surface area contributed by atoms with Crippen LogP contribution in [-0.4, -0.2) is 32.2 Å². The number of unbranched alkanes of at least 4 members (excludes halogenated alkanes) is 1. The van der Waals surface area contributed by atoms with Crippen molar-refractivity contribution in [2.24, 2.45) is 4.99 Å². The fraction of sp³-hybridized carbons (Fsp3) is 0.500. The normalized spacial score (nSPS) is 21.5. The lowest BCUT2D eigenvalue weighted by Gasteiger charge is -2.13. The number of hydrogen-bond acceptors (Lipinski definition) is 4. The van der Waals surface area contributed by atoms with Gasteiger partial charge >= 0.3 is 0 Å². The molecule has 0 aromatic heterocycles. The van der Waals surface area contributed by atoms with Gasteiger partial charge < -0.3 is 5.32 Å². The molecule has 0 spiro atoms. The maximum absolute atomic E-state index is 12.4. The molecule has 2 N–H and O–H groups in total. The van der Waals surface area contributed by atoms with E-state index in [4.69, 9.17) is 0 Å². The lowest BCUT2D eigenvalue weighted by Crippen LogP contribution is -2.36. The van der Waals surface area contributed by atoms with E-state index in [9.17, 15) is 13.2 Å². The number of benzene rings is 1. The first-order valence-electron chi connectivity index (χ1n) is 8.01. The monoisotopic (exact) mass is 335 g/mol. The van der Waals surface area contributed by atoms with Crippen LogP contribution in [0.1, 0.15) is 44.6 Å². The topological polar surface area (TPSA) is 87.6 Å². The zero-order valence-electron chi connectivity index (χ0n) is 13.1. The van der Waals surface area contributed by atoms with E-state index >= 15 is 0 Å². The van der Waals surface area contributed by atoms with Crippen LogP contribution in [0.25, 0.3) is 0 Å². The van der Waals surface area contributed by atoms with Crippen molar-refractivity contribution in [2.75, 3.05) is 0 Å². The number of amides is 1. The standard InChI is InChI=1S/C16H21N3O3S/c1-2-3-7-13(16(20)17-11-9-10-11)18-15-12-6-4-5-8-14(12)23(21,22)19-15/h4-6,8,11,13H,2-3,7,9-10H2,1H3,(H,17,20)(H,18,19)/t13-/m1/s1. The molecule has 0 bridgehead atoms. The van der Waals surface area contributed by atoms with Crippen LogP contribution in [-0.2, 0) is 14.8 Å². The summed E-state index contributed by atoms with van der Waals surface area (Å²) in [4.78, 5) is 17.0. The molecule has 1 atom stereocenters. The largest absolute Gasteiger partial charge is 0.352 e. The molecule has 1 aliphatic carbocycles. The van der Waals surface area contributed by atoms with Crippen LogP contribution in [0.15, 0.2) is 34.2 Å². The summed E-state index contributed by atoms with van der Waals surface area (Å²) in [5.41, 5.74) is 0.535. The third kappa shape index (κ3) is 3.55. The van der Waals surface area contributed by atoms with E-state index in [2.05, 4.69) is 22.0 Å². The number of carbonyl (C=O) groups is 1. The van der Waals surface area contributed by atoms with Gasteiger partial charge in [0.1, 0.15) is 11.9 Å². The maximum Gasteiger partial charge on any atom is 0.263 e. The van der Waals surface area contributed by atoms with E-state index in [0.29, 0.717) is 12.0 Å². The molecule has 2 aliphatic rings. The summed E-state index contributed by atoms with van der Waals surface area (Å²) in [5.74, 6) is 0.157. The highest BCUT2D eigenvalue weighted by Gasteiger charge is 2.32. The van der Waals surface area contributed by atoms with Gasteiger partial charge in [0.05, 0.1) is 4.90 Å². The van der Waals surface area contributed by atoms with Crippen molar-refractivity contribution in [1.29, 1.82) is 0 Å². The van der Waals surface area contributed by atoms with Gasteiger partial charge in [0, 0.05) is 11.6 Å². The van der Waals surface area contributed by atoms with Crippen molar-refractivity contribution in [3.63, 3.8) is 0 Å². The number of sulfonamides is 1.